The molecule has 136 heavy (non-hydrogen) atoms. The number of aromatic amines is 7. The third-order valence-electron chi connectivity index (χ3n) is 14.7. The molecule has 0 aromatic carbocycles. The number of primary amides is 2. The van der Waals surface area contributed by atoms with E-state index in [1.807, 2.05) is 192 Å². The molecule has 38 nitrogen and oxygen atoms in total. The summed E-state index contributed by atoms with van der Waals surface area (Å²) in [4.78, 5) is 93.1. The summed E-state index contributed by atoms with van der Waals surface area (Å²) < 4.78 is 0. The predicted octanol–water partition coefficient (Wildman–Crippen LogP) is 19.4. The lowest BCUT2D eigenvalue weighted by Crippen LogP contribution is -2.33. The van der Waals surface area contributed by atoms with Crippen LogP contribution in [0.2, 0.25) is 0 Å². The molecule has 1 aliphatic rings. The van der Waals surface area contributed by atoms with Crippen LogP contribution in [0.1, 0.15) is 383 Å². The first-order valence-electron chi connectivity index (χ1n) is 47.6. The summed E-state index contributed by atoms with van der Waals surface area (Å²) >= 11 is 0. The molecule has 38 heteroatoms. The number of aromatic nitrogens is 19. The highest BCUT2D eigenvalue weighted by atomic mass is 16.3. The van der Waals surface area contributed by atoms with Gasteiger partial charge in [0.2, 0.25) is 34.7 Å². The Kier molecular flexibility index (Phi) is 97.6. The van der Waals surface area contributed by atoms with E-state index in [9.17, 15) is 33.6 Å². The number of amidine groups is 2. The van der Waals surface area contributed by atoms with Crippen LogP contribution in [0.15, 0.2) is 114 Å². The van der Waals surface area contributed by atoms with Crippen molar-refractivity contribution >= 4 is 46.8 Å². The molecule has 0 unspecified atom stereocenters. The number of nitrogens with two attached hydrogens (primary N) is 4. The molecular formula is C98H194N30O8. The summed E-state index contributed by atoms with van der Waals surface area (Å²) in [6.07, 6.45) is 11.1. The largest absolute Gasteiger partial charge is 0.512 e. The van der Waals surface area contributed by atoms with Crippen LogP contribution in [0.25, 0.3) is 0 Å². The highest BCUT2D eigenvalue weighted by Gasteiger charge is 2.12. The van der Waals surface area contributed by atoms with Crippen molar-refractivity contribution in [3.05, 3.63) is 129 Å². The first-order valence-corrected chi connectivity index (χ1v) is 47.6. The van der Waals surface area contributed by atoms with Gasteiger partial charge in [0.15, 0.2) is 17.5 Å². The number of aliphatic hydroxyl groups excluding tert-OH is 1. The van der Waals surface area contributed by atoms with Crippen molar-refractivity contribution in [1.82, 2.24) is 108 Å². The van der Waals surface area contributed by atoms with Gasteiger partial charge in [-0.1, -0.05) is 291 Å². The van der Waals surface area contributed by atoms with Gasteiger partial charge in [-0.25, -0.2) is 4.98 Å². The van der Waals surface area contributed by atoms with Gasteiger partial charge in [0.25, 0.3) is 0 Å². The number of nitrogens with zero attached hydrogens (tertiary/aromatic N) is 17. The van der Waals surface area contributed by atoms with Crippen LogP contribution in [0.3, 0.4) is 0 Å². The number of H-pyrrole nitrogens is 7. The molecule has 0 radical (unpaired) electrons. The summed E-state index contributed by atoms with van der Waals surface area (Å²) in [7, 11) is 0. The topological polar surface area (TPSA) is 595 Å². The van der Waals surface area contributed by atoms with Crippen molar-refractivity contribution in [1.29, 1.82) is 0 Å². The molecule has 8 rings (SSSR count). The van der Waals surface area contributed by atoms with Crippen molar-refractivity contribution < 1.29 is 29.1 Å². The fourth-order valence-electron chi connectivity index (χ4n) is 6.56. The summed E-state index contributed by atoms with van der Waals surface area (Å²) in [6, 6.07) is 11.0. The minimum absolute atomic E-state index is 0.00926. The second-order valence-corrected chi connectivity index (χ2v) is 38.6. The number of aliphatic hydroxyl groups is 1. The van der Waals surface area contributed by atoms with Crippen molar-refractivity contribution in [2.45, 2.75) is 379 Å². The smallest absolute Gasteiger partial charge is 0.247 e. The minimum Gasteiger partial charge on any atom is -0.512 e. The van der Waals surface area contributed by atoms with E-state index in [0.717, 1.165) is 58.8 Å². The second kappa shape index (κ2) is 91.5. The van der Waals surface area contributed by atoms with Crippen molar-refractivity contribution in [2.24, 2.45) is 125 Å². The van der Waals surface area contributed by atoms with Gasteiger partial charge < -0.3 is 53.6 Å². The molecule has 0 atom stereocenters. The lowest BCUT2D eigenvalue weighted by atomic mass is 9.99. The van der Waals surface area contributed by atoms with Gasteiger partial charge in [-0.2, -0.15) is 36.2 Å². The second-order valence-electron chi connectivity index (χ2n) is 38.6. The molecule has 0 bridgehead atoms. The zero-order chi connectivity index (χ0) is 108. The van der Waals surface area contributed by atoms with Crippen molar-refractivity contribution in [3.63, 3.8) is 0 Å². The van der Waals surface area contributed by atoms with Crippen LogP contribution in [0.4, 0.5) is 0 Å². The van der Waals surface area contributed by atoms with Crippen LogP contribution < -0.4 is 44.7 Å². The number of ketones is 1. The number of Topliss-reactive ketones (excluding diaryl/α,β-unsaturated/α-hetero) is 1. The van der Waals surface area contributed by atoms with E-state index in [1.54, 1.807) is 76.9 Å². The number of pyridine rings is 2. The Morgan fingerprint density at radius 3 is 0.868 bits per heavy atom. The Hall–Kier alpha value is -11.2. The molecule has 7 aromatic rings. The summed E-state index contributed by atoms with van der Waals surface area (Å²) in [5, 5.41) is 75.9. The zero-order valence-corrected chi connectivity index (χ0v) is 92.8. The lowest BCUT2D eigenvalue weighted by Gasteiger charge is -2.09. The van der Waals surface area contributed by atoms with Gasteiger partial charge in [-0.05, 0) is 120 Å². The minimum atomic E-state index is -0.241. The van der Waals surface area contributed by atoms with E-state index < -0.39 is 0 Å². The van der Waals surface area contributed by atoms with Crippen LogP contribution in [-0.4, -0.2) is 180 Å². The van der Waals surface area contributed by atoms with Gasteiger partial charge in [-0.3, -0.25) is 43.5 Å². The van der Waals surface area contributed by atoms with E-state index in [2.05, 4.69) is 244 Å². The highest BCUT2D eigenvalue weighted by Crippen LogP contribution is 2.12. The Bertz CT molecular complexity index is 3650. The molecule has 7 aromatic heterocycles. The lowest BCUT2D eigenvalue weighted by molar-refractivity contribution is -0.125. The molecular weight excluding hydrogens is 1730 g/mol. The van der Waals surface area contributed by atoms with Gasteiger partial charge >= 0.3 is 0 Å². The number of rotatable bonds is 21. The molecule has 784 valence electrons. The van der Waals surface area contributed by atoms with Crippen LogP contribution >= 0.6 is 0 Å². The fourth-order valence-corrected chi connectivity index (χ4v) is 6.56. The van der Waals surface area contributed by atoms with E-state index in [4.69, 9.17) is 28.0 Å². The Balaban J connectivity index is -0.000000155. The molecule has 0 saturated carbocycles. The summed E-state index contributed by atoms with van der Waals surface area (Å²) in [6.45, 7) is 93.2. The number of hydrogen-bond donors (Lipinski definition) is 14. The fraction of sp³-hybridized carbons (Fsp3) is 0.714. The molecule has 0 spiro atoms. The molecule has 8 heterocycles. The van der Waals surface area contributed by atoms with Gasteiger partial charge in [-0.15, -0.1) is 35.7 Å². The molecule has 0 aliphatic carbocycles. The SMILES string of the molecule is CC(C)/C=C(\O)C(C)C.CC(C)C.CC(C)C.CC(C)C(N)=O.CC(C)C(N)=O.CC(C)C1=NN=NC1.CC(C)CC(=O)C(C)C.CC(C)N=C(N)C(C)C.CC(C)N=C(N)C(C)C.CC(C)NC(=O)C(C)C.CC(C)NC(=O)C(C)C.CC(C)c1cn[nH]n1.CC(C)c1cnc[nH]1.CC(C)c1nn[nH]n1.CC(C)c1nn[nH]n1.CC(C)c1nn[nH]n1.O=c1cccc[nH]1.O=c1cccc[nH]1. The standard InChI is InChI=1S/2C8H16O.2C7H16N2.2C7H15NO.C6H10N2.2C5H9N3.2C5H5NO.3C4H8N4.2C4H9NO.2C4H10/c2*1-6(2)5-8(9)7(3)4;2*1-5(2)7(8)9-6(3)4;2*1-5(2)7(9)8-6(3)4;1-5(2)6-3-7-4-8-6;2*1-4(2)5-3-6-8-7-5;2*7-5-3-1-2-4-6-5;3*1-3(2)4-5-7-8-6-4;2*1-3(2)4(5)6;2*1-4(2)3/h6-7H,5H2,1-4H3;5-7,9H,1-4H3;2*5-6H,1-4H3,(H2,8,9);2*5-6H,1-4H3,(H,8,9);3-5H,1-2H3,(H,7,8);4H,3H2,1-2H3;3-4H,1-2H3,(H,6,7,8);2*1-4H,(H,6,7);3*3H,1-2H3,(H,5,6,7,8);2*3H,1-2H3,(H2,5,6);2*4H,1-3H3/b;8-5-;;;;;;;;;;;;;;;;. The average Bonchev–Trinajstić information content (AvgIpc) is 1.84. The summed E-state index contributed by atoms with van der Waals surface area (Å²) in [5.74, 6) is 11.2. The number of carbonyl (C=O) groups is 5. The average molecular weight is 1920 g/mol. The van der Waals surface area contributed by atoms with E-state index in [-0.39, 0.29) is 82.3 Å². The van der Waals surface area contributed by atoms with Crippen molar-refractivity contribution in [3.8, 4) is 0 Å². The normalized spacial score (nSPS) is 11.1. The maximum Gasteiger partial charge on any atom is 0.247 e. The number of allylic oxidation sites excluding steroid dienone is 2. The van der Waals surface area contributed by atoms with Crippen LogP contribution in [0, 0.1) is 76.9 Å². The Labute approximate surface area is 819 Å². The number of amides is 4. The third kappa shape index (κ3) is 113. The number of aliphatic imine (C=N–C) groups is 2. The quantitative estimate of drug-likeness (QED) is 0.0180. The number of carbonyl (C=O) groups excluding carboxylic acids is 5. The van der Waals surface area contributed by atoms with Gasteiger partial charge in [0, 0.05) is 132 Å². The van der Waals surface area contributed by atoms with Gasteiger partial charge in [0.05, 0.1) is 41.4 Å². The predicted molar refractivity (Wildman–Crippen MR) is 562 cm³/mol. The van der Waals surface area contributed by atoms with E-state index >= 15 is 0 Å². The maximum absolute atomic E-state index is 11.0. The maximum atomic E-state index is 11.0. The van der Waals surface area contributed by atoms with E-state index in [0.29, 0.717) is 89.3 Å². The molecule has 1 aliphatic heterocycles. The van der Waals surface area contributed by atoms with Crippen LogP contribution in [-0.2, 0) is 24.0 Å². The molecule has 4 amide bonds. The first kappa shape index (κ1) is 145. The number of nitrogens with one attached hydrogen (secondary N) is 9. The summed E-state index contributed by atoms with van der Waals surface area (Å²) in [5.41, 5.74) is 23.9. The number of tetrazole rings is 3. The van der Waals surface area contributed by atoms with Crippen LogP contribution in [0.5, 0.6) is 0 Å². The molecule has 18 N–H and O–H groups in total. The van der Waals surface area contributed by atoms with Crippen molar-refractivity contribution in [2.75, 3.05) is 6.54 Å². The number of imidazole rings is 1. The first-order chi connectivity index (χ1) is 62.6. The monoisotopic (exact) mass is 1920 g/mol. The molecule has 0 saturated heterocycles. The molecule has 0 fully saturated rings. The van der Waals surface area contributed by atoms with Gasteiger partial charge in [0.1, 0.15) is 12.3 Å². The Morgan fingerprint density at radius 1 is 0.419 bits per heavy atom. The Morgan fingerprint density at radius 2 is 0.765 bits per heavy atom. The zero-order valence-electron chi connectivity index (χ0n) is 92.8. The number of hydrogen-bond acceptors (Lipinski definition) is 25. The third-order valence-corrected chi connectivity index (χ3v) is 14.7. The van der Waals surface area contributed by atoms with E-state index in [1.165, 1.54) is 17.8 Å². The highest BCUT2D eigenvalue weighted by molar-refractivity contribution is 5.88.